The van der Waals surface area contributed by atoms with Gasteiger partial charge in [0.2, 0.25) is 0 Å². The molecule has 0 bridgehead atoms. The van der Waals surface area contributed by atoms with Gasteiger partial charge in [-0.25, -0.2) is 4.98 Å². The molecule has 1 aliphatic heterocycles. The first-order valence-electron chi connectivity index (χ1n) is 6.10. The van der Waals surface area contributed by atoms with Gasteiger partial charge in [0.05, 0.1) is 10.0 Å². The second-order valence-corrected chi connectivity index (χ2v) is 5.21. The number of hydrogen-bond acceptors (Lipinski definition) is 4. The zero-order valence-electron chi connectivity index (χ0n) is 10.1. The lowest BCUT2D eigenvalue weighted by atomic mass is 10.3. The summed E-state index contributed by atoms with van der Waals surface area (Å²) in [4.78, 5) is 8.81. The van der Waals surface area contributed by atoms with Gasteiger partial charge in [-0.15, -0.1) is 0 Å². The summed E-state index contributed by atoms with van der Waals surface area (Å²) < 4.78 is 0. The highest BCUT2D eigenvalue weighted by Crippen LogP contribution is 2.26. The molecule has 0 aromatic carbocycles. The number of anilines is 1. The lowest BCUT2D eigenvalue weighted by molar-refractivity contribution is 0.215. The Morgan fingerprint density at radius 1 is 1.22 bits per heavy atom. The summed E-state index contributed by atoms with van der Waals surface area (Å²) in [5.74, 6) is 0.808. The Hall–Kier alpha value is -0.550. The van der Waals surface area contributed by atoms with Crippen molar-refractivity contribution in [1.29, 1.82) is 0 Å². The molecule has 0 atom stereocenters. The van der Waals surface area contributed by atoms with Crippen LogP contribution in [0.3, 0.4) is 0 Å². The molecule has 100 valence electrons. The molecule has 1 N–H and O–H groups in total. The molecule has 1 aromatic rings. The molecule has 1 fully saturated rings. The highest BCUT2D eigenvalue weighted by molar-refractivity contribution is 6.36. The van der Waals surface area contributed by atoms with Gasteiger partial charge in [0.15, 0.2) is 0 Å². The van der Waals surface area contributed by atoms with Gasteiger partial charge < -0.3 is 10.0 Å². The molecule has 4 nitrogen and oxygen atoms in total. The van der Waals surface area contributed by atoms with Gasteiger partial charge in [-0.05, 0) is 12.5 Å². The van der Waals surface area contributed by atoms with E-state index in [4.69, 9.17) is 28.3 Å². The predicted octanol–water partition coefficient (Wildman–Crippen LogP) is 1.89. The summed E-state index contributed by atoms with van der Waals surface area (Å²) in [5.41, 5.74) is 0. The fourth-order valence-corrected chi connectivity index (χ4v) is 2.62. The fraction of sp³-hybridized carbons (Fsp3) is 0.583. The van der Waals surface area contributed by atoms with E-state index in [2.05, 4.69) is 14.8 Å². The van der Waals surface area contributed by atoms with Crippen molar-refractivity contribution >= 4 is 29.0 Å². The van der Waals surface area contributed by atoms with Crippen LogP contribution in [0.2, 0.25) is 10.0 Å². The van der Waals surface area contributed by atoms with Crippen LogP contribution in [0.15, 0.2) is 12.3 Å². The molecular formula is C12H17Cl2N3O. The van der Waals surface area contributed by atoms with Crippen molar-refractivity contribution in [2.75, 3.05) is 44.2 Å². The quantitative estimate of drug-likeness (QED) is 0.919. The summed E-state index contributed by atoms with van der Waals surface area (Å²) in [5, 5.41) is 9.98. The second kappa shape index (κ2) is 6.57. The third kappa shape index (κ3) is 3.48. The van der Waals surface area contributed by atoms with E-state index in [0.29, 0.717) is 10.0 Å². The van der Waals surface area contributed by atoms with Crippen LogP contribution < -0.4 is 4.90 Å². The van der Waals surface area contributed by atoms with Crippen LogP contribution >= 0.6 is 23.2 Å². The molecule has 2 heterocycles. The largest absolute Gasteiger partial charge is 0.396 e. The first-order chi connectivity index (χ1) is 8.70. The first-order valence-corrected chi connectivity index (χ1v) is 6.85. The van der Waals surface area contributed by atoms with Crippen LogP contribution in [0, 0.1) is 0 Å². The lowest BCUT2D eigenvalue weighted by Gasteiger charge is -2.35. The van der Waals surface area contributed by atoms with E-state index >= 15 is 0 Å². The van der Waals surface area contributed by atoms with Gasteiger partial charge in [0.25, 0.3) is 0 Å². The average molecular weight is 290 g/mol. The Morgan fingerprint density at radius 2 is 1.94 bits per heavy atom. The average Bonchev–Trinajstić information content (AvgIpc) is 2.37. The number of hydrogen-bond donors (Lipinski definition) is 1. The number of nitrogens with zero attached hydrogens (tertiary/aromatic N) is 3. The minimum absolute atomic E-state index is 0.255. The van der Waals surface area contributed by atoms with Crippen LogP contribution in [0.1, 0.15) is 6.42 Å². The Kier molecular flexibility index (Phi) is 5.06. The Morgan fingerprint density at radius 3 is 2.56 bits per heavy atom. The number of aliphatic hydroxyl groups is 1. The minimum Gasteiger partial charge on any atom is -0.396 e. The molecule has 0 amide bonds. The zero-order valence-corrected chi connectivity index (χ0v) is 11.7. The van der Waals surface area contributed by atoms with E-state index < -0.39 is 0 Å². The number of aliphatic hydroxyl groups excluding tert-OH is 1. The molecule has 1 saturated heterocycles. The minimum atomic E-state index is 0.255. The van der Waals surface area contributed by atoms with Gasteiger partial charge in [0.1, 0.15) is 5.82 Å². The van der Waals surface area contributed by atoms with Crippen molar-refractivity contribution in [3.8, 4) is 0 Å². The SMILES string of the molecule is OCCCN1CCN(c2ncc(Cl)cc2Cl)CC1. The van der Waals surface area contributed by atoms with Crippen molar-refractivity contribution in [3.63, 3.8) is 0 Å². The van der Waals surface area contributed by atoms with Gasteiger partial charge in [0, 0.05) is 45.5 Å². The molecule has 6 heteroatoms. The Balaban J connectivity index is 1.93. The Labute approximate surface area is 117 Å². The van der Waals surface area contributed by atoms with Gasteiger partial charge in [-0.2, -0.15) is 0 Å². The molecule has 0 aliphatic carbocycles. The third-order valence-corrected chi connectivity index (χ3v) is 3.58. The second-order valence-electron chi connectivity index (χ2n) is 4.36. The summed E-state index contributed by atoms with van der Waals surface area (Å²) >= 11 is 12.0. The molecular weight excluding hydrogens is 273 g/mol. The zero-order chi connectivity index (χ0) is 13.0. The smallest absolute Gasteiger partial charge is 0.147 e. The normalized spacial score (nSPS) is 17.2. The first kappa shape index (κ1) is 13.9. The number of halogens is 2. The van der Waals surface area contributed by atoms with Crippen LogP contribution in [0.4, 0.5) is 5.82 Å². The summed E-state index contributed by atoms with van der Waals surface area (Å²) in [7, 11) is 0. The van der Waals surface area contributed by atoms with E-state index in [1.807, 2.05) is 0 Å². The van der Waals surface area contributed by atoms with E-state index in [1.165, 1.54) is 0 Å². The van der Waals surface area contributed by atoms with Crippen LogP contribution in [-0.2, 0) is 0 Å². The van der Waals surface area contributed by atoms with E-state index in [-0.39, 0.29) is 6.61 Å². The molecule has 0 saturated carbocycles. The summed E-state index contributed by atoms with van der Waals surface area (Å²) in [6.07, 6.45) is 2.46. The van der Waals surface area contributed by atoms with E-state index in [1.54, 1.807) is 12.3 Å². The maximum absolute atomic E-state index is 8.81. The third-order valence-electron chi connectivity index (χ3n) is 3.09. The number of pyridine rings is 1. The predicted molar refractivity (Wildman–Crippen MR) is 74.6 cm³/mol. The maximum atomic E-state index is 8.81. The molecule has 0 radical (unpaired) electrons. The lowest BCUT2D eigenvalue weighted by Crippen LogP contribution is -2.47. The fourth-order valence-electron chi connectivity index (χ4n) is 2.12. The van der Waals surface area contributed by atoms with E-state index in [9.17, 15) is 0 Å². The number of rotatable bonds is 4. The molecule has 0 unspecified atom stereocenters. The molecule has 0 spiro atoms. The summed E-state index contributed by atoms with van der Waals surface area (Å²) in [6.45, 7) is 4.96. The Bertz CT molecular complexity index is 395. The number of piperazine rings is 1. The molecule has 1 aromatic heterocycles. The summed E-state index contributed by atoms with van der Waals surface area (Å²) in [6, 6.07) is 1.73. The van der Waals surface area contributed by atoms with Gasteiger partial charge >= 0.3 is 0 Å². The van der Waals surface area contributed by atoms with Crippen molar-refractivity contribution in [3.05, 3.63) is 22.3 Å². The monoisotopic (exact) mass is 289 g/mol. The van der Waals surface area contributed by atoms with Crippen molar-refractivity contribution in [2.24, 2.45) is 0 Å². The van der Waals surface area contributed by atoms with Crippen molar-refractivity contribution < 1.29 is 5.11 Å². The molecule has 18 heavy (non-hydrogen) atoms. The van der Waals surface area contributed by atoms with Crippen molar-refractivity contribution in [2.45, 2.75) is 6.42 Å². The van der Waals surface area contributed by atoms with Crippen LogP contribution in [0.25, 0.3) is 0 Å². The standard InChI is InChI=1S/C12H17Cl2N3O/c13-10-8-11(14)12(15-9-10)17-5-3-16(4-6-17)2-1-7-18/h8-9,18H,1-7H2. The molecule has 2 rings (SSSR count). The highest BCUT2D eigenvalue weighted by atomic mass is 35.5. The maximum Gasteiger partial charge on any atom is 0.147 e. The van der Waals surface area contributed by atoms with Gasteiger partial charge in [-0.3, -0.25) is 4.90 Å². The topological polar surface area (TPSA) is 39.6 Å². The van der Waals surface area contributed by atoms with E-state index in [0.717, 1.165) is 45.0 Å². The van der Waals surface area contributed by atoms with Crippen LogP contribution in [-0.4, -0.2) is 54.3 Å². The van der Waals surface area contributed by atoms with Gasteiger partial charge in [-0.1, -0.05) is 23.2 Å². The number of aromatic nitrogens is 1. The van der Waals surface area contributed by atoms with Crippen molar-refractivity contribution in [1.82, 2.24) is 9.88 Å². The molecule has 1 aliphatic rings. The van der Waals surface area contributed by atoms with Crippen LogP contribution in [0.5, 0.6) is 0 Å². The highest BCUT2D eigenvalue weighted by Gasteiger charge is 2.19.